The third kappa shape index (κ3) is 3.74. The molecule has 0 aromatic rings. The van der Waals surface area contributed by atoms with E-state index in [0.717, 1.165) is 6.04 Å². The predicted octanol–water partition coefficient (Wildman–Crippen LogP) is 2.64. The molecular formula is C14H28N2. The van der Waals surface area contributed by atoms with E-state index in [4.69, 9.17) is 0 Å². The Morgan fingerprint density at radius 3 is 2.62 bits per heavy atom. The smallest absolute Gasteiger partial charge is 0.0195 e. The van der Waals surface area contributed by atoms with Crippen LogP contribution in [0, 0.1) is 5.41 Å². The van der Waals surface area contributed by atoms with Crippen LogP contribution in [0.3, 0.4) is 0 Å². The summed E-state index contributed by atoms with van der Waals surface area (Å²) in [6.07, 6.45) is 8.37. The SMILES string of the molecule is CC1(C)CCN(CC2CCCCCN2)CC1. The molecule has 2 heterocycles. The van der Waals surface area contributed by atoms with E-state index in [0.29, 0.717) is 5.41 Å². The van der Waals surface area contributed by atoms with Crippen LogP contribution in [0.15, 0.2) is 0 Å². The van der Waals surface area contributed by atoms with Gasteiger partial charge in [-0.1, -0.05) is 26.7 Å². The standard InChI is InChI=1S/C14H28N2/c1-14(2)7-10-16(11-8-14)12-13-6-4-3-5-9-15-13/h13,15H,3-12H2,1-2H3. The summed E-state index contributed by atoms with van der Waals surface area (Å²) in [7, 11) is 0. The van der Waals surface area contributed by atoms with Crippen molar-refractivity contribution in [1.82, 2.24) is 10.2 Å². The summed E-state index contributed by atoms with van der Waals surface area (Å²) in [6, 6.07) is 0.767. The lowest BCUT2D eigenvalue weighted by Crippen LogP contribution is -2.45. The summed E-state index contributed by atoms with van der Waals surface area (Å²) < 4.78 is 0. The Balaban J connectivity index is 1.73. The van der Waals surface area contributed by atoms with E-state index in [1.807, 2.05) is 0 Å². The average molecular weight is 224 g/mol. The van der Waals surface area contributed by atoms with Crippen molar-refractivity contribution < 1.29 is 0 Å². The van der Waals surface area contributed by atoms with Crippen LogP contribution in [0.2, 0.25) is 0 Å². The molecule has 1 N–H and O–H groups in total. The third-order valence-corrected chi connectivity index (χ3v) is 4.35. The molecule has 0 aromatic carbocycles. The topological polar surface area (TPSA) is 15.3 Å². The lowest BCUT2D eigenvalue weighted by atomic mass is 9.82. The maximum absolute atomic E-state index is 3.71. The highest BCUT2D eigenvalue weighted by Gasteiger charge is 2.26. The largest absolute Gasteiger partial charge is 0.313 e. The van der Waals surface area contributed by atoms with Crippen LogP contribution in [0.4, 0.5) is 0 Å². The van der Waals surface area contributed by atoms with Crippen LogP contribution in [0.1, 0.15) is 52.4 Å². The summed E-state index contributed by atoms with van der Waals surface area (Å²) in [5.74, 6) is 0. The van der Waals surface area contributed by atoms with E-state index >= 15 is 0 Å². The highest BCUT2D eigenvalue weighted by molar-refractivity contribution is 4.82. The monoisotopic (exact) mass is 224 g/mol. The van der Waals surface area contributed by atoms with Crippen LogP contribution in [-0.4, -0.2) is 37.1 Å². The second-order valence-electron chi connectivity index (χ2n) is 6.47. The molecule has 2 aliphatic heterocycles. The lowest BCUT2D eigenvalue weighted by Gasteiger charge is -2.38. The number of hydrogen-bond acceptors (Lipinski definition) is 2. The second kappa shape index (κ2) is 5.50. The van der Waals surface area contributed by atoms with E-state index in [1.165, 1.54) is 64.7 Å². The summed E-state index contributed by atoms with van der Waals surface area (Å²) in [5.41, 5.74) is 0.591. The molecule has 0 spiro atoms. The average Bonchev–Trinajstić information content (AvgIpc) is 2.50. The summed E-state index contributed by atoms with van der Waals surface area (Å²) in [4.78, 5) is 2.67. The Bertz CT molecular complexity index is 195. The number of nitrogens with zero attached hydrogens (tertiary/aromatic N) is 1. The van der Waals surface area contributed by atoms with E-state index < -0.39 is 0 Å². The van der Waals surface area contributed by atoms with Gasteiger partial charge < -0.3 is 10.2 Å². The molecule has 2 heteroatoms. The summed E-state index contributed by atoms with van der Waals surface area (Å²) in [6.45, 7) is 9.97. The summed E-state index contributed by atoms with van der Waals surface area (Å²) in [5, 5.41) is 3.71. The first kappa shape index (κ1) is 12.4. The van der Waals surface area contributed by atoms with Crippen molar-refractivity contribution in [3.05, 3.63) is 0 Å². The van der Waals surface area contributed by atoms with Gasteiger partial charge in [-0.25, -0.2) is 0 Å². The van der Waals surface area contributed by atoms with Gasteiger partial charge in [0.2, 0.25) is 0 Å². The van der Waals surface area contributed by atoms with Gasteiger partial charge in [-0.05, 0) is 50.7 Å². The van der Waals surface area contributed by atoms with Gasteiger partial charge in [-0.15, -0.1) is 0 Å². The fourth-order valence-electron chi connectivity index (χ4n) is 2.91. The van der Waals surface area contributed by atoms with Gasteiger partial charge in [0.05, 0.1) is 0 Å². The minimum atomic E-state index is 0.591. The van der Waals surface area contributed by atoms with Gasteiger partial charge in [-0.3, -0.25) is 0 Å². The highest BCUT2D eigenvalue weighted by atomic mass is 15.2. The first-order valence-electron chi connectivity index (χ1n) is 7.11. The molecule has 0 amide bonds. The molecule has 0 saturated carbocycles. The Labute approximate surface area is 101 Å². The van der Waals surface area contributed by atoms with Gasteiger partial charge in [0.1, 0.15) is 0 Å². The molecule has 0 radical (unpaired) electrons. The normalized spacial score (nSPS) is 32.2. The number of rotatable bonds is 2. The van der Waals surface area contributed by atoms with Gasteiger partial charge in [0.25, 0.3) is 0 Å². The molecule has 2 fully saturated rings. The molecule has 16 heavy (non-hydrogen) atoms. The van der Waals surface area contributed by atoms with E-state index in [-0.39, 0.29) is 0 Å². The maximum Gasteiger partial charge on any atom is 0.0195 e. The van der Waals surface area contributed by atoms with Gasteiger partial charge in [0.15, 0.2) is 0 Å². The van der Waals surface area contributed by atoms with Crippen LogP contribution >= 0.6 is 0 Å². The quantitative estimate of drug-likeness (QED) is 0.776. The van der Waals surface area contributed by atoms with Gasteiger partial charge in [-0.2, -0.15) is 0 Å². The second-order valence-corrected chi connectivity index (χ2v) is 6.47. The summed E-state index contributed by atoms with van der Waals surface area (Å²) >= 11 is 0. The van der Waals surface area contributed by atoms with E-state index in [1.54, 1.807) is 0 Å². The van der Waals surface area contributed by atoms with Crippen LogP contribution in [-0.2, 0) is 0 Å². The van der Waals surface area contributed by atoms with Crippen molar-refractivity contribution in [3.63, 3.8) is 0 Å². The molecule has 94 valence electrons. The molecule has 0 bridgehead atoms. The molecule has 2 saturated heterocycles. The van der Waals surface area contributed by atoms with Crippen molar-refractivity contribution in [1.29, 1.82) is 0 Å². The Morgan fingerprint density at radius 2 is 1.88 bits per heavy atom. The van der Waals surface area contributed by atoms with Crippen molar-refractivity contribution in [2.24, 2.45) is 5.41 Å². The first-order chi connectivity index (χ1) is 7.66. The van der Waals surface area contributed by atoms with Crippen LogP contribution < -0.4 is 5.32 Å². The zero-order valence-corrected chi connectivity index (χ0v) is 11.1. The minimum absolute atomic E-state index is 0.591. The minimum Gasteiger partial charge on any atom is -0.313 e. The lowest BCUT2D eigenvalue weighted by molar-refractivity contribution is 0.122. The number of likely N-dealkylation sites (tertiary alicyclic amines) is 1. The third-order valence-electron chi connectivity index (χ3n) is 4.35. The van der Waals surface area contributed by atoms with E-state index in [9.17, 15) is 0 Å². The first-order valence-corrected chi connectivity index (χ1v) is 7.11. The van der Waals surface area contributed by atoms with Crippen molar-refractivity contribution in [3.8, 4) is 0 Å². The van der Waals surface area contributed by atoms with Crippen LogP contribution in [0.5, 0.6) is 0 Å². The molecule has 1 unspecified atom stereocenters. The van der Waals surface area contributed by atoms with Gasteiger partial charge in [0, 0.05) is 12.6 Å². The Morgan fingerprint density at radius 1 is 1.12 bits per heavy atom. The molecule has 2 aliphatic rings. The zero-order valence-electron chi connectivity index (χ0n) is 11.1. The molecule has 2 nitrogen and oxygen atoms in total. The zero-order chi connectivity index (χ0) is 11.4. The van der Waals surface area contributed by atoms with E-state index in [2.05, 4.69) is 24.1 Å². The predicted molar refractivity (Wildman–Crippen MR) is 69.7 cm³/mol. The molecular weight excluding hydrogens is 196 g/mol. The fraction of sp³-hybridized carbons (Fsp3) is 1.00. The van der Waals surface area contributed by atoms with Gasteiger partial charge >= 0.3 is 0 Å². The highest BCUT2D eigenvalue weighted by Crippen LogP contribution is 2.29. The number of hydrogen-bond donors (Lipinski definition) is 1. The number of nitrogens with one attached hydrogen (secondary N) is 1. The molecule has 0 aromatic heterocycles. The Hall–Kier alpha value is -0.0800. The molecule has 1 atom stereocenters. The number of piperidine rings is 1. The van der Waals surface area contributed by atoms with Crippen LogP contribution in [0.25, 0.3) is 0 Å². The van der Waals surface area contributed by atoms with Crippen molar-refractivity contribution in [2.45, 2.75) is 58.4 Å². The maximum atomic E-state index is 3.71. The fourth-order valence-corrected chi connectivity index (χ4v) is 2.91. The molecule has 2 rings (SSSR count). The van der Waals surface area contributed by atoms with Crippen molar-refractivity contribution in [2.75, 3.05) is 26.2 Å². The molecule has 0 aliphatic carbocycles. The van der Waals surface area contributed by atoms with Crippen molar-refractivity contribution >= 4 is 0 Å². The Kier molecular flexibility index (Phi) is 4.26.